The van der Waals surface area contributed by atoms with Gasteiger partial charge in [0.1, 0.15) is 0 Å². The molecular weight excluding hydrogens is 438 g/mol. The number of carbonyl (C=O) groups is 2. The van der Waals surface area contributed by atoms with Gasteiger partial charge in [-0.05, 0) is 71.0 Å². The fraction of sp³-hybridized carbons (Fsp3) is 0.393. The van der Waals surface area contributed by atoms with Crippen LogP contribution in [-0.2, 0) is 4.79 Å². The number of likely N-dealkylation sites (N-methyl/N-ethyl adjacent to an activating group) is 1. The minimum Gasteiger partial charge on any atom is -0.337 e. The number of hydrogen-bond acceptors (Lipinski definition) is 4. The van der Waals surface area contributed by atoms with Crippen LogP contribution in [0.2, 0.25) is 0 Å². The molecule has 1 fully saturated rings. The lowest BCUT2D eigenvalue weighted by Crippen LogP contribution is -2.35. The summed E-state index contributed by atoms with van der Waals surface area (Å²) in [5, 5.41) is 3.07. The zero-order valence-electron chi connectivity index (χ0n) is 21.1. The van der Waals surface area contributed by atoms with Crippen LogP contribution in [0, 0.1) is 13.8 Å². The summed E-state index contributed by atoms with van der Waals surface area (Å²) >= 11 is 0. The normalized spacial score (nSPS) is 16.7. The number of nitrogens with zero attached hydrogens (tertiary/aromatic N) is 4. The zero-order valence-corrected chi connectivity index (χ0v) is 21.1. The Morgan fingerprint density at radius 1 is 1.14 bits per heavy atom. The lowest BCUT2D eigenvalue weighted by molar-refractivity contribution is -0.126. The van der Waals surface area contributed by atoms with Gasteiger partial charge in [-0.1, -0.05) is 35.9 Å². The van der Waals surface area contributed by atoms with E-state index < -0.39 is 0 Å². The summed E-state index contributed by atoms with van der Waals surface area (Å²) in [6.07, 6.45) is 6.47. The summed E-state index contributed by atoms with van der Waals surface area (Å²) in [6.45, 7) is 6.08. The maximum atomic E-state index is 13.1. The average molecular weight is 474 g/mol. The minimum absolute atomic E-state index is 0.0163. The van der Waals surface area contributed by atoms with E-state index in [2.05, 4.69) is 22.9 Å². The maximum absolute atomic E-state index is 13.1. The van der Waals surface area contributed by atoms with Gasteiger partial charge in [-0.2, -0.15) is 0 Å². The monoisotopic (exact) mass is 473 g/mol. The molecule has 1 aromatic heterocycles. The van der Waals surface area contributed by atoms with Crippen LogP contribution >= 0.6 is 0 Å². The smallest absolute Gasteiger partial charge is 0.257 e. The first-order valence-electron chi connectivity index (χ1n) is 12.3. The van der Waals surface area contributed by atoms with E-state index in [0.29, 0.717) is 18.1 Å². The second kappa shape index (κ2) is 10.9. The third kappa shape index (κ3) is 5.80. The van der Waals surface area contributed by atoms with E-state index in [1.54, 1.807) is 6.08 Å². The number of aryl methyl sites for hydroxylation is 2. The molecule has 1 unspecified atom stereocenters. The van der Waals surface area contributed by atoms with E-state index >= 15 is 0 Å². The fourth-order valence-corrected chi connectivity index (χ4v) is 4.72. The number of likely N-dealkylation sites (tertiary alicyclic amines) is 1. The quantitative estimate of drug-likeness (QED) is 0.532. The molecule has 2 amide bonds. The predicted molar refractivity (Wildman–Crippen MR) is 141 cm³/mol. The van der Waals surface area contributed by atoms with Gasteiger partial charge in [-0.3, -0.25) is 14.9 Å². The largest absolute Gasteiger partial charge is 0.337 e. The lowest BCUT2D eigenvalue weighted by Gasteiger charge is -2.26. The van der Waals surface area contributed by atoms with Crippen LogP contribution in [0.25, 0.3) is 11.0 Å². The summed E-state index contributed by atoms with van der Waals surface area (Å²) in [5.74, 6) is 0.379. The molecule has 0 spiro atoms. The van der Waals surface area contributed by atoms with Gasteiger partial charge in [0.25, 0.3) is 5.91 Å². The average Bonchev–Trinajstić information content (AvgIpc) is 3.01. The van der Waals surface area contributed by atoms with Crippen molar-refractivity contribution in [1.29, 1.82) is 0 Å². The van der Waals surface area contributed by atoms with Gasteiger partial charge in [-0.15, -0.1) is 0 Å². The summed E-state index contributed by atoms with van der Waals surface area (Å²) < 4.78 is 2.15. The fourth-order valence-electron chi connectivity index (χ4n) is 4.72. The number of hydrogen-bond donors (Lipinski definition) is 1. The number of amides is 2. The number of fused-ring (bicyclic) bond motifs is 1. The molecule has 4 rings (SSSR count). The van der Waals surface area contributed by atoms with Gasteiger partial charge < -0.3 is 14.4 Å². The number of nitrogens with one attached hydrogen (secondary N) is 1. The van der Waals surface area contributed by atoms with Crippen molar-refractivity contribution in [2.75, 3.05) is 39.0 Å². The molecule has 0 bridgehead atoms. The highest BCUT2D eigenvalue weighted by Gasteiger charge is 2.27. The van der Waals surface area contributed by atoms with Crippen molar-refractivity contribution in [2.24, 2.45) is 0 Å². The van der Waals surface area contributed by atoms with Crippen LogP contribution in [-0.4, -0.2) is 64.9 Å². The SMILES string of the molecule is Cc1cccc(C(=O)Nc2nc3cccc(C)c3n2C2CCCCN(C(=O)/C=C/CN(C)C)C2)c1. The Morgan fingerprint density at radius 3 is 2.71 bits per heavy atom. The van der Waals surface area contributed by atoms with Crippen LogP contribution < -0.4 is 5.32 Å². The summed E-state index contributed by atoms with van der Waals surface area (Å²) in [6, 6.07) is 13.6. The van der Waals surface area contributed by atoms with Gasteiger partial charge in [0.15, 0.2) is 0 Å². The number of carbonyl (C=O) groups excluding carboxylic acids is 2. The Kier molecular flexibility index (Phi) is 7.66. The van der Waals surface area contributed by atoms with Gasteiger partial charge in [0.2, 0.25) is 11.9 Å². The highest BCUT2D eigenvalue weighted by molar-refractivity contribution is 6.04. The van der Waals surface area contributed by atoms with Crippen LogP contribution in [0.15, 0.2) is 54.6 Å². The van der Waals surface area contributed by atoms with E-state index in [1.807, 2.05) is 73.3 Å². The van der Waals surface area contributed by atoms with Crippen molar-refractivity contribution >= 4 is 28.8 Å². The van der Waals surface area contributed by atoms with E-state index in [1.165, 1.54) is 0 Å². The van der Waals surface area contributed by atoms with Gasteiger partial charge in [-0.25, -0.2) is 4.98 Å². The Bertz CT molecular complexity index is 1240. The van der Waals surface area contributed by atoms with Crippen LogP contribution in [0.5, 0.6) is 0 Å². The molecule has 1 saturated heterocycles. The first kappa shape index (κ1) is 24.7. The summed E-state index contributed by atoms with van der Waals surface area (Å²) in [4.78, 5) is 34.9. The second-order valence-electron chi connectivity index (χ2n) is 9.67. The van der Waals surface area contributed by atoms with Crippen molar-refractivity contribution in [1.82, 2.24) is 19.4 Å². The van der Waals surface area contributed by atoms with E-state index in [9.17, 15) is 9.59 Å². The van der Waals surface area contributed by atoms with E-state index in [-0.39, 0.29) is 17.9 Å². The molecule has 1 N–H and O–H groups in total. The molecule has 1 atom stereocenters. The Morgan fingerprint density at radius 2 is 1.94 bits per heavy atom. The third-order valence-electron chi connectivity index (χ3n) is 6.47. The van der Waals surface area contributed by atoms with Crippen LogP contribution in [0.4, 0.5) is 5.95 Å². The molecule has 1 aliphatic rings. The van der Waals surface area contributed by atoms with Gasteiger partial charge in [0, 0.05) is 31.3 Å². The van der Waals surface area contributed by atoms with Crippen molar-refractivity contribution in [3.63, 3.8) is 0 Å². The molecule has 7 heteroatoms. The Balaban J connectivity index is 1.68. The van der Waals surface area contributed by atoms with Crippen molar-refractivity contribution in [2.45, 2.75) is 39.2 Å². The Labute approximate surface area is 207 Å². The first-order chi connectivity index (χ1) is 16.8. The molecule has 0 radical (unpaired) electrons. The molecule has 3 aromatic rings. The molecule has 184 valence electrons. The predicted octanol–water partition coefficient (Wildman–Crippen LogP) is 4.58. The van der Waals surface area contributed by atoms with E-state index in [4.69, 9.17) is 4.98 Å². The molecule has 1 aliphatic heterocycles. The Hall–Kier alpha value is -3.45. The van der Waals surface area contributed by atoms with Gasteiger partial charge >= 0.3 is 0 Å². The molecular formula is C28H35N5O2. The maximum Gasteiger partial charge on any atom is 0.257 e. The number of rotatable bonds is 6. The zero-order chi connectivity index (χ0) is 24.9. The van der Waals surface area contributed by atoms with Crippen molar-refractivity contribution in [3.8, 4) is 0 Å². The highest BCUT2D eigenvalue weighted by atomic mass is 16.2. The van der Waals surface area contributed by atoms with Crippen molar-refractivity contribution in [3.05, 3.63) is 71.3 Å². The standard InChI is InChI=1S/C28H35N5O2/c1-20-10-7-12-22(18-20)27(35)30-28-29-24-14-8-11-21(2)26(24)33(28)23-13-5-6-17-32(19-23)25(34)15-9-16-31(3)4/h7-12,14-15,18,23H,5-6,13,16-17,19H2,1-4H3,(H,29,30,35)/b15-9+. The molecule has 0 aliphatic carbocycles. The van der Waals surface area contributed by atoms with E-state index in [0.717, 1.165) is 54.5 Å². The van der Waals surface area contributed by atoms with Crippen molar-refractivity contribution < 1.29 is 9.59 Å². The van der Waals surface area contributed by atoms with Gasteiger partial charge in [0.05, 0.1) is 17.1 Å². The highest BCUT2D eigenvalue weighted by Crippen LogP contribution is 2.32. The number of aromatic nitrogens is 2. The number of benzene rings is 2. The molecule has 2 heterocycles. The first-order valence-corrected chi connectivity index (χ1v) is 12.3. The third-order valence-corrected chi connectivity index (χ3v) is 6.47. The number of anilines is 1. The topological polar surface area (TPSA) is 70.5 Å². The summed E-state index contributed by atoms with van der Waals surface area (Å²) in [5.41, 5.74) is 4.58. The lowest BCUT2D eigenvalue weighted by atomic mass is 10.1. The van der Waals surface area contributed by atoms with Crippen LogP contribution in [0.3, 0.4) is 0 Å². The minimum atomic E-state index is -0.184. The number of imidazole rings is 1. The molecule has 2 aromatic carbocycles. The van der Waals surface area contributed by atoms with Crippen LogP contribution in [0.1, 0.15) is 46.8 Å². The summed E-state index contributed by atoms with van der Waals surface area (Å²) in [7, 11) is 3.96. The molecule has 7 nitrogen and oxygen atoms in total. The molecule has 0 saturated carbocycles. The number of para-hydroxylation sites is 1. The second-order valence-corrected chi connectivity index (χ2v) is 9.67. The molecule has 35 heavy (non-hydrogen) atoms.